The van der Waals surface area contributed by atoms with Gasteiger partial charge in [0.1, 0.15) is 12.4 Å². The number of halogens is 1. The first kappa shape index (κ1) is 27.2. The molecule has 0 aromatic heterocycles. The highest BCUT2D eigenvalue weighted by Crippen LogP contribution is 2.16. The molecular weight excluding hydrogens is 480 g/mol. The number of amides is 1. The second-order valence-corrected chi connectivity index (χ2v) is 9.88. The predicted molar refractivity (Wildman–Crippen MR) is 132 cm³/mol. The number of nitrogens with zero attached hydrogens (tertiary/aromatic N) is 3. The average molecular weight is 507 g/mol. The number of benzene rings is 2. The first-order valence-corrected chi connectivity index (χ1v) is 12.1. The Hall–Kier alpha value is -3.05. The predicted octanol–water partition coefficient (Wildman–Crippen LogP) is 1.80. The Labute approximate surface area is 203 Å². The Morgan fingerprint density at radius 3 is 2.50 bits per heavy atom. The molecule has 0 radical (unpaired) electrons. The molecule has 1 amide bonds. The molecule has 3 rings (SSSR count). The maximum Gasteiger partial charge on any atom is 0.267 e. The average Bonchev–Trinajstić information content (AvgIpc) is 2.87. The summed E-state index contributed by atoms with van der Waals surface area (Å²) in [4.78, 5) is 19.4. The molecule has 0 saturated carbocycles. The Balaban J connectivity index is 0.000000273. The summed E-state index contributed by atoms with van der Waals surface area (Å²) >= 11 is 6.12. The molecular formula is C23H27ClN4O5S. The van der Waals surface area contributed by atoms with Crippen LogP contribution in [-0.4, -0.2) is 59.9 Å². The minimum Gasteiger partial charge on any atom is -0.347 e. The zero-order valence-corrected chi connectivity index (χ0v) is 20.6. The normalized spacial score (nSPS) is 14.8. The zero-order chi connectivity index (χ0) is 25.5. The number of hydrogen-bond donors (Lipinski definition) is 3. The van der Waals surface area contributed by atoms with Gasteiger partial charge in [-0.15, -0.1) is 0 Å². The maximum absolute atomic E-state index is 10.8. The van der Waals surface area contributed by atoms with Gasteiger partial charge in [0.2, 0.25) is 5.91 Å². The van der Waals surface area contributed by atoms with Gasteiger partial charge in [-0.25, -0.2) is 10.1 Å². The standard InChI is InChI=1S/C16H14ClN3O.C7H13NO4S/c1-18-15-10-20(21)16(11-5-3-2-4-6-11)13-9-12(17)7-8-14(13)19-15;1-4-6(9)8-7(2,3)5-13(10,11)12/h2-9,21H,10H2,1H3;4H,1,5H2,2-3H3,(H,8,9)(H,10,11,12). The topological polar surface area (TPSA) is 132 Å². The molecule has 1 aliphatic rings. The molecule has 0 spiro atoms. The van der Waals surface area contributed by atoms with E-state index >= 15 is 0 Å². The van der Waals surface area contributed by atoms with Gasteiger partial charge in [-0.3, -0.25) is 19.5 Å². The van der Waals surface area contributed by atoms with Crippen LogP contribution < -0.4 is 15.9 Å². The van der Waals surface area contributed by atoms with Crippen molar-refractivity contribution in [1.82, 2.24) is 10.4 Å². The van der Waals surface area contributed by atoms with Crippen molar-refractivity contribution in [2.45, 2.75) is 19.4 Å². The van der Waals surface area contributed by atoms with Crippen LogP contribution >= 0.6 is 11.6 Å². The molecule has 0 unspecified atom stereocenters. The van der Waals surface area contributed by atoms with Crippen LogP contribution in [0, 0.1) is 0 Å². The number of fused-ring (bicyclic) bond motifs is 1. The number of rotatable bonds is 5. The van der Waals surface area contributed by atoms with Crippen molar-refractivity contribution in [2.24, 2.45) is 9.98 Å². The molecule has 182 valence electrons. The summed E-state index contributed by atoms with van der Waals surface area (Å²) in [6, 6.07) is 15.1. The first-order chi connectivity index (χ1) is 15.8. The molecule has 0 fully saturated rings. The van der Waals surface area contributed by atoms with Crippen LogP contribution in [0.3, 0.4) is 0 Å². The second-order valence-electron chi connectivity index (χ2n) is 7.99. The van der Waals surface area contributed by atoms with E-state index < -0.39 is 27.3 Å². The molecule has 0 bridgehead atoms. The summed E-state index contributed by atoms with van der Waals surface area (Å²) in [6.45, 7) is 6.42. The van der Waals surface area contributed by atoms with Crippen molar-refractivity contribution in [2.75, 3.05) is 19.3 Å². The van der Waals surface area contributed by atoms with E-state index in [0.717, 1.165) is 22.2 Å². The summed E-state index contributed by atoms with van der Waals surface area (Å²) in [5.74, 6) is -0.444. The molecule has 3 N–H and O–H groups in total. The van der Waals surface area contributed by atoms with Crippen molar-refractivity contribution in [3.8, 4) is 0 Å². The lowest BCUT2D eigenvalue weighted by Crippen LogP contribution is -2.47. The van der Waals surface area contributed by atoms with Crippen molar-refractivity contribution < 1.29 is 23.0 Å². The Morgan fingerprint density at radius 1 is 1.29 bits per heavy atom. The number of aliphatic imine (C=N–C) groups is 1. The molecule has 1 heterocycles. The summed E-state index contributed by atoms with van der Waals surface area (Å²) in [5.41, 5.74) is 0.574. The molecule has 2 aromatic carbocycles. The maximum atomic E-state index is 10.8. The van der Waals surface area contributed by atoms with Crippen LogP contribution in [0.4, 0.5) is 0 Å². The Bertz CT molecular complexity index is 1310. The van der Waals surface area contributed by atoms with E-state index in [9.17, 15) is 18.4 Å². The molecule has 9 nitrogen and oxygen atoms in total. The van der Waals surface area contributed by atoms with Gasteiger partial charge in [-0.05, 0) is 38.1 Å². The van der Waals surface area contributed by atoms with E-state index in [1.165, 1.54) is 18.9 Å². The molecule has 2 aromatic rings. The van der Waals surface area contributed by atoms with Crippen LogP contribution in [-0.2, 0) is 14.9 Å². The number of carbonyl (C=O) groups excluding carboxylic acids is 1. The van der Waals surface area contributed by atoms with Crippen molar-refractivity contribution in [3.63, 3.8) is 0 Å². The lowest BCUT2D eigenvalue weighted by atomic mass is 10.1. The highest BCUT2D eigenvalue weighted by atomic mass is 35.5. The van der Waals surface area contributed by atoms with Gasteiger partial charge in [0, 0.05) is 22.9 Å². The Morgan fingerprint density at radius 2 is 1.94 bits per heavy atom. The third-order valence-corrected chi connectivity index (χ3v) is 5.83. The molecule has 34 heavy (non-hydrogen) atoms. The van der Waals surface area contributed by atoms with Crippen molar-refractivity contribution in [3.05, 3.63) is 82.3 Å². The third kappa shape index (κ3) is 8.07. The highest BCUT2D eigenvalue weighted by Gasteiger charge is 2.25. The first-order valence-electron chi connectivity index (χ1n) is 10.1. The zero-order valence-electron chi connectivity index (χ0n) is 19.1. The smallest absolute Gasteiger partial charge is 0.267 e. The number of carbonyl (C=O) groups is 1. The lowest BCUT2D eigenvalue weighted by Gasteiger charge is -2.23. The van der Waals surface area contributed by atoms with Gasteiger partial charge >= 0.3 is 0 Å². The quantitative estimate of drug-likeness (QED) is 0.418. The minimum absolute atomic E-state index is 0.229. The summed E-state index contributed by atoms with van der Waals surface area (Å²) in [5, 5.41) is 16.1. The fourth-order valence-electron chi connectivity index (χ4n) is 3.22. The molecule has 0 aliphatic carbocycles. The van der Waals surface area contributed by atoms with E-state index in [4.69, 9.17) is 16.2 Å². The Kier molecular flexibility index (Phi) is 9.11. The number of nitrogens with one attached hydrogen (secondary N) is 1. The van der Waals surface area contributed by atoms with E-state index in [0.29, 0.717) is 16.6 Å². The van der Waals surface area contributed by atoms with Gasteiger partial charge in [-0.2, -0.15) is 8.42 Å². The fourth-order valence-corrected chi connectivity index (χ4v) is 4.38. The van der Waals surface area contributed by atoms with Crippen molar-refractivity contribution in [1.29, 1.82) is 0 Å². The summed E-state index contributed by atoms with van der Waals surface area (Å²) in [6.07, 6.45) is 1.03. The second kappa shape index (κ2) is 11.4. The summed E-state index contributed by atoms with van der Waals surface area (Å²) < 4.78 is 29.5. The van der Waals surface area contributed by atoms with E-state index in [1.54, 1.807) is 13.1 Å². The number of amidine groups is 1. The molecule has 1 aliphatic heterocycles. The van der Waals surface area contributed by atoms with Gasteiger partial charge in [-0.1, -0.05) is 48.5 Å². The molecule has 0 saturated heterocycles. The van der Waals surface area contributed by atoms with Crippen LogP contribution in [0.15, 0.2) is 71.2 Å². The van der Waals surface area contributed by atoms with E-state index in [1.807, 2.05) is 42.5 Å². The van der Waals surface area contributed by atoms with E-state index in [2.05, 4.69) is 21.9 Å². The number of hydroxylamine groups is 2. The third-order valence-electron chi connectivity index (χ3n) is 4.51. The SMILES string of the molecule is C=CC(=O)NC(C)(C)CS(=O)(=O)O.CN=C1CN(O)C(c2ccccc2)=c2cc(Cl)ccc2=N1. The monoisotopic (exact) mass is 506 g/mol. The van der Waals surface area contributed by atoms with E-state index in [-0.39, 0.29) is 6.54 Å². The van der Waals surface area contributed by atoms with Crippen LogP contribution in [0.25, 0.3) is 5.70 Å². The minimum atomic E-state index is -4.08. The van der Waals surface area contributed by atoms with Crippen LogP contribution in [0.2, 0.25) is 5.02 Å². The van der Waals surface area contributed by atoms with Crippen molar-refractivity contribution >= 4 is 39.2 Å². The van der Waals surface area contributed by atoms with Gasteiger partial charge < -0.3 is 5.32 Å². The van der Waals surface area contributed by atoms with Gasteiger partial charge in [0.15, 0.2) is 0 Å². The fraction of sp³-hybridized carbons (Fsp3) is 0.261. The largest absolute Gasteiger partial charge is 0.347 e. The summed E-state index contributed by atoms with van der Waals surface area (Å²) in [7, 11) is -2.42. The lowest BCUT2D eigenvalue weighted by molar-refractivity contribution is -0.117. The van der Waals surface area contributed by atoms with Crippen LogP contribution in [0.5, 0.6) is 0 Å². The van der Waals surface area contributed by atoms with Crippen LogP contribution in [0.1, 0.15) is 19.4 Å². The highest BCUT2D eigenvalue weighted by molar-refractivity contribution is 7.85. The molecule has 0 atom stereocenters. The number of hydrogen-bond acceptors (Lipinski definition) is 6. The molecule has 11 heteroatoms. The van der Waals surface area contributed by atoms with Gasteiger partial charge in [0.05, 0.1) is 22.3 Å². The van der Waals surface area contributed by atoms with Gasteiger partial charge in [0.25, 0.3) is 10.1 Å².